The number of rotatable bonds is 2. The van der Waals surface area contributed by atoms with E-state index in [9.17, 15) is 4.79 Å². The average molecular weight is 156 g/mol. The van der Waals surface area contributed by atoms with Gasteiger partial charge in [-0.15, -0.1) is 0 Å². The maximum Gasteiger partial charge on any atom is 0.222 e. The summed E-state index contributed by atoms with van der Waals surface area (Å²) in [5.74, 6) is 0.812. The first-order chi connectivity index (χ1) is 5.27. The van der Waals surface area contributed by atoms with Crippen LogP contribution in [0.25, 0.3) is 0 Å². The molecule has 3 nitrogen and oxygen atoms in total. The molecule has 1 heterocycles. The lowest BCUT2D eigenvalue weighted by Crippen LogP contribution is -2.28. The Labute approximate surface area is 67.5 Å². The number of nitrogens with two attached hydrogens (primary N) is 1. The lowest BCUT2D eigenvalue weighted by molar-refractivity contribution is -0.129. The Morgan fingerprint density at radius 2 is 2.45 bits per heavy atom. The van der Waals surface area contributed by atoms with Crippen LogP contribution in [0.15, 0.2) is 0 Å². The summed E-state index contributed by atoms with van der Waals surface area (Å²) in [7, 11) is 0. The molecule has 1 saturated heterocycles. The van der Waals surface area contributed by atoms with E-state index in [1.54, 1.807) is 0 Å². The van der Waals surface area contributed by atoms with Crippen LogP contribution in [-0.4, -0.2) is 30.4 Å². The summed E-state index contributed by atoms with van der Waals surface area (Å²) in [5.41, 5.74) is 5.50. The number of hydrogen-bond donors (Lipinski definition) is 1. The lowest BCUT2D eigenvalue weighted by atomic mass is 10.1. The molecule has 11 heavy (non-hydrogen) atoms. The van der Waals surface area contributed by atoms with Gasteiger partial charge in [0.2, 0.25) is 5.91 Å². The first-order valence-corrected chi connectivity index (χ1v) is 4.25. The van der Waals surface area contributed by atoms with E-state index in [0.29, 0.717) is 18.9 Å². The summed E-state index contributed by atoms with van der Waals surface area (Å²) in [6.07, 6.45) is 1.71. The number of nitrogens with zero attached hydrogens (tertiary/aromatic N) is 1. The first-order valence-electron chi connectivity index (χ1n) is 4.25. The van der Waals surface area contributed by atoms with Crippen LogP contribution < -0.4 is 5.73 Å². The maximum atomic E-state index is 11.2. The van der Waals surface area contributed by atoms with Crippen molar-refractivity contribution in [3.63, 3.8) is 0 Å². The molecule has 1 aliphatic rings. The summed E-state index contributed by atoms with van der Waals surface area (Å²) < 4.78 is 0. The van der Waals surface area contributed by atoms with E-state index in [0.717, 1.165) is 19.5 Å². The standard InChI is InChI=1S/C8H16N2O/c1-2-8(11)10-4-3-7(5-9)6-10/h7H,2-6,9H2,1H3/t7-/m1/s1. The van der Waals surface area contributed by atoms with Crippen molar-refractivity contribution < 1.29 is 4.79 Å². The van der Waals surface area contributed by atoms with E-state index < -0.39 is 0 Å². The second-order valence-electron chi connectivity index (χ2n) is 3.08. The highest BCUT2D eigenvalue weighted by molar-refractivity contribution is 5.76. The van der Waals surface area contributed by atoms with Gasteiger partial charge in [0, 0.05) is 19.5 Å². The highest BCUT2D eigenvalue weighted by Crippen LogP contribution is 2.15. The molecule has 1 rings (SSSR count). The molecular weight excluding hydrogens is 140 g/mol. The van der Waals surface area contributed by atoms with E-state index in [4.69, 9.17) is 5.73 Å². The molecule has 0 aromatic rings. The topological polar surface area (TPSA) is 46.3 Å². The Kier molecular flexibility index (Phi) is 2.88. The fourth-order valence-electron chi connectivity index (χ4n) is 1.48. The van der Waals surface area contributed by atoms with E-state index >= 15 is 0 Å². The lowest BCUT2D eigenvalue weighted by Gasteiger charge is -2.14. The highest BCUT2D eigenvalue weighted by Gasteiger charge is 2.23. The van der Waals surface area contributed by atoms with Crippen molar-refractivity contribution in [3.8, 4) is 0 Å². The van der Waals surface area contributed by atoms with Gasteiger partial charge in [-0.3, -0.25) is 4.79 Å². The van der Waals surface area contributed by atoms with Crippen molar-refractivity contribution in [2.75, 3.05) is 19.6 Å². The number of carbonyl (C=O) groups is 1. The molecule has 1 amide bonds. The van der Waals surface area contributed by atoms with E-state index in [1.807, 2.05) is 11.8 Å². The summed E-state index contributed by atoms with van der Waals surface area (Å²) in [6, 6.07) is 0. The van der Waals surface area contributed by atoms with Crippen LogP contribution in [0.4, 0.5) is 0 Å². The average Bonchev–Trinajstić information content (AvgIpc) is 2.50. The Morgan fingerprint density at radius 3 is 2.91 bits per heavy atom. The predicted molar refractivity (Wildman–Crippen MR) is 44.0 cm³/mol. The van der Waals surface area contributed by atoms with Crippen LogP contribution in [0.3, 0.4) is 0 Å². The van der Waals surface area contributed by atoms with Gasteiger partial charge in [-0.05, 0) is 18.9 Å². The molecule has 1 aliphatic heterocycles. The largest absolute Gasteiger partial charge is 0.342 e. The maximum absolute atomic E-state index is 11.2. The van der Waals surface area contributed by atoms with Crippen LogP contribution in [0.1, 0.15) is 19.8 Å². The molecule has 0 aromatic heterocycles. The molecule has 3 heteroatoms. The van der Waals surface area contributed by atoms with Crippen LogP contribution in [-0.2, 0) is 4.79 Å². The van der Waals surface area contributed by atoms with Crippen molar-refractivity contribution in [1.29, 1.82) is 0 Å². The molecule has 0 unspecified atom stereocenters. The minimum absolute atomic E-state index is 0.265. The molecule has 0 aliphatic carbocycles. The Morgan fingerprint density at radius 1 is 1.73 bits per heavy atom. The van der Waals surface area contributed by atoms with Gasteiger partial charge in [-0.2, -0.15) is 0 Å². The minimum atomic E-state index is 0.265. The molecule has 0 bridgehead atoms. The van der Waals surface area contributed by atoms with Gasteiger partial charge in [0.05, 0.1) is 0 Å². The quantitative estimate of drug-likeness (QED) is 0.621. The van der Waals surface area contributed by atoms with Crippen LogP contribution in [0, 0.1) is 5.92 Å². The summed E-state index contributed by atoms with van der Waals surface area (Å²) in [5, 5.41) is 0. The fraction of sp³-hybridized carbons (Fsp3) is 0.875. The molecule has 0 spiro atoms. The smallest absolute Gasteiger partial charge is 0.222 e. The molecular formula is C8H16N2O. The SMILES string of the molecule is CCC(=O)N1CC[C@H](CN)C1. The summed E-state index contributed by atoms with van der Waals surface area (Å²) >= 11 is 0. The van der Waals surface area contributed by atoms with Crippen molar-refractivity contribution in [2.45, 2.75) is 19.8 Å². The minimum Gasteiger partial charge on any atom is -0.342 e. The van der Waals surface area contributed by atoms with Gasteiger partial charge in [0.25, 0.3) is 0 Å². The molecule has 0 aromatic carbocycles. The third-order valence-corrected chi connectivity index (χ3v) is 2.27. The number of likely N-dealkylation sites (tertiary alicyclic amines) is 1. The molecule has 0 radical (unpaired) electrons. The van der Waals surface area contributed by atoms with Crippen molar-refractivity contribution in [3.05, 3.63) is 0 Å². The predicted octanol–water partition coefficient (Wildman–Crippen LogP) is 0.204. The second kappa shape index (κ2) is 3.72. The zero-order chi connectivity index (χ0) is 8.27. The van der Waals surface area contributed by atoms with E-state index in [-0.39, 0.29) is 5.91 Å². The van der Waals surface area contributed by atoms with Gasteiger partial charge < -0.3 is 10.6 Å². The fourth-order valence-corrected chi connectivity index (χ4v) is 1.48. The Hall–Kier alpha value is -0.570. The molecule has 0 saturated carbocycles. The van der Waals surface area contributed by atoms with Gasteiger partial charge in [-0.25, -0.2) is 0 Å². The third-order valence-electron chi connectivity index (χ3n) is 2.27. The van der Waals surface area contributed by atoms with Crippen molar-refractivity contribution in [1.82, 2.24) is 4.90 Å². The van der Waals surface area contributed by atoms with Gasteiger partial charge >= 0.3 is 0 Å². The summed E-state index contributed by atoms with van der Waals surface area (Å²) in [6.45, 7) is 4.41. The number of amides is 1. The summed E-state index contributed by atoms with van der Waals surface area (Å²) in [4.78, 5) is 13.1. The van der Waals surface area contributed by atoms with Gasteiger partial charge in [0.1, 0.15) is 0 Å². The molecule has 1 fully saturated rings. The van der Waals surface area contributed by atoms with Gasteiger partial charge in [0.15, 0.2) is 0 Å². The monoisotopic (exact) mass is 156 g/mol. The Balaban J connectivity index is 2.35. The van der Waals surface area contributed by atoms with Crippen molar-refractivity contribution >= 4 is 5.91 Å². The molecule has 64 valence electrons. The van der Waals surface area contributed by atoms with E-state index in [2.05, 4.69) is 0 Å². The van der Waals surface area contributed by atoms with Crippen LogP contribution in [0.5, 0.6) is 0 Å². The number of carbonyl (C=O) groups excluding carboxylic acids is 1. The number of hydrogen-bond acceptors (Lipinski definition) is 2. The molecule has 2 N–H and O–H groups in total. The van der Waals surface area contributed by atoms with Crippen molar-refractivity contribution in [2.24, 2.45) is 11.7 Å². The first kappa shape index (κ1) is 8.53. The van der Waals surface area contributed by atoms with Crippen LogP contribution >= 0.6 is 0 Å². The second-order valence-corrected chi connectivity index (χ2v) is 3.08. The van der Waals surface area contributed by atoms with Gasteiger partial charge in [-0.1, -0.05) is 6.92 Å². The third kappa shape index (κ3) is 1.93. The van der Waals surface area contributed by atoms with E-state index in [1.165, 1.54) is 0 Å². The zero-order valence-electron chi connectivity index (χ0n) is 7.05. The zero-order valence-corrected chi connectivity index (χ0v) is 7.05. The highest BCUT2D eigenvalue weighted by atomic mass is 16.2. The molecule has 1 atom stereocenters. The Bertz CT molecular complexity index is 147. The normalized spacial score (nSPS) is 24.2. The van der Waals surface area contributed by atoms with Crippen LogP contribution in [0.2, 0.25) is 0 Å².